The van der Waals surface area contributed by atoms with Gasteiger partial charge in [-0.05, 0) is 37.7 Å². The highest BCUT2D eigenvalue weighted by Crippen LogP contribution is 2.25. The van der Waals surface area contributed by atoms with Gasteiger partial charge in [0.15, 0.2) is 5.65 Å². The fraction of sp³-hybridized carbons (Fsp3) is 0.500. The van der Waals surface area contributed by atoms with Crippen molar-refractivity contribution in [3.8, 4) is 0 Å². The minimum Gasteiger partial charge on any atom is -0.352 e. The van der Waals surface area contributed by atoms with Gasteiger partial charge < -0.3 is 5.32 Å². The normalized spacial score (nSPS) is 19.9. The third-order valence-electron chi connectivity index (χ3n) is 3.06. The Morgan fingerprint density at radius 2 is 2.47 bits per heavy atom. The van der Waals surface area contributed by atoms with Crippen molar-refractivity contribution in [1.82, 2.24) is 14.6 Å². The second-order valence-electron chi connectivity index (χ2n) is 4.39. The average molecular weight is 248 g/mol. The van der Waals surface area contributed by atoms with Crippen LogP contribution in [0.4, 0.5) is 5.95 Å². The number of thioether (sulfide) groups is 1. The zero-order valence-electron chi connectivity index (χ0n) is 9.89. The Bertz CT molecular complexity index is 516. The van der Waals surface area contributed by atoms with Gasteiger partial charge in [0.2, 0.25) is 5.95 Å². The van der Waals surface area contributed by atoms with Crippen molar-refractivity contribution in [3.05, 3.63) is 23.9 Å². The zero-order chi connectivity index (χ0) is 11.7. The Labute approximate surface area is 105 Å². The molecule has 0 aromatic carbocycles. The van der Waals surface area contributed by atoms with Gasteiger partial charge in [-0.1, -0.05) is 6.07 Å². The van der Waals surface area contributed by atoms with Crippen molar-refractivity contribution < 1.29 is 0 Å². The highest BCUT2D eigenvalue weighted by atomic mass is 32.2. The number of fused-ring (bicyclic) bond motifs is 1. The number of hydrogen-bond donors (Lipinski definition) is 1. The summed E-state index contributed by atoms with van der Waals surface area (Å²) in [5.41, 5.74) is 2.02. The number of aromatic nitrogens is 3. The van der Waals surface area contributed by atoms with Gasteiger partial charge in [0.25, 0.3) is 0 Å². The van der Waals surface area contributed by atoms with Gasteiger partial charge in [0.1, 0.15) is 0 Å². The standard InChI is InChI=1S/C12H16N4S/c1-9-4-2-6-11-14-12(15-16(9)11)13-8-10-5-3-7-17-10/h2,4,6,10H,3,5,7-8H2,1H3,(H,13,15). The summed E-state index contributed by atoms with van der Waals surface area (Å²) < 4.78 is 1.88. The molecule has 1 unspecified atom stereocenters. The van der Waals surface area contributed by atoms with Crippen LogP contribution in [-0.4, -0.2) is 32.1 Å². The third-order valence-corrected chi connectivity index (χ3v) is 4.46. The molecule has 1 aliphatic heterocycles. The van der Waals surface area contributed by atoms with Crippen LogP contribution in [0.1, 0.15) is 18.5 Å². The topological polar surface area (TPSA) is 42.2 Å². The van der Waals surface area contributed by atoms with Crippen LogP contribution in [0.5, 0.6) is 0 Å². The molecule has 1 N–H and O–H groups in total. The van der Waals surface area contributed by atoms with E-state index in [1.807, 2.05) is 41.4 Å². The quantitative estimate of drug-likeness (QED) is 0.905. The summed E-state index contributed by atoms with van der Waals surface area (Å²) in [5, 5.41) is 8.52. The molecule has 1 atom stereocenters. The summed E-state index contributed by atoms with van der Waals surface area (Å²) in [6.07, 6.45) is 2.65. The molecule has 1 saturated heterocycles. The highest BCUT2D eigenvalue weighted by Gasteiger charge is 2.15. The fourth-order valence-corrected chi connectivity index (χ4v) is 3.32. The molecular weight excluding hydrogens is 232 g/mol. The van der Waals surface area contributed by atoms with Crippen molar-refractivity contribution in [2.75, 3.05) is 17.6 Å². The lowest BCUT2D eigenvalue weighted by atomic mass is 10.2. The molecular formula is C12H16N4S. The number of rotatable bonds is 3. The van der Waals surface area contributed by atoms with E-state index < -0.39 is 0 Å². The van der Waals surface area contributed by atoms with Crippen LogP contribution >= 0.6 is 11.8 Å². The Morgan fingerprint density at radius 1 is 1.53 bits per heavy atom. The Kier molecular flexibility index (Phi) is 2.93. The minimum absolute atomic E-state index is 0.725. The van der Waals surface area contributed by atoms with Gasteiger partial charge in [-0.25, -0.2) is 4.52 Å². The van der Waals surface area contributed by atoms with Crippen LogP contribution in [0, 0.1) is 6.92 Å². The van der Waals surface area contributed by atoms with Gasteiger partial charge >= 0.3 is 0 Å². The first-order valence-corrected chi connectivity index (χ1v) is 7.06. The van der Waals surface area contributed by atoms with Crippen LogP contribution < -0.4 is 5.32 Å². The Morgan fingerprint density at radius 3 is 3.24 bits per heavy atom. The van der Waals surface area contributed by atoms with E-state index in [2.05, 4.69) is 15.4 Å². The van der Waals surface area contributed by atoms with Crippen LogP contribution in [0.25, 0.3) is 5.65 Å². The Balaban J connectivity index is 1.74. The van der Waals surface area contributed by atoms with Crippen LogP contribution in [0.3, 0.4) is 0 Å². The maximum Gasteiger partial charge on any atom is 0.243 e. The number of aryl methyl sites for hydroxylation is 1. The second kappa shape index (κ2) is 4.56. The smallest absolute Gasteiger partial charge is 0.243 e. The maximum absolute atomic E-state index is 4.47. The minimum atomic E-state index is 0.725. The van der Waals surface area contributed by atoms with Crippen molar-refractivity contribution in [2.45, 2.75) is 25.0 Å². The molecule has 3 rings (SSSR count). The zero-order valence-corrected chi connectivity index (χ0v) is 10.7. The average Bonchev–Trinajstić information content (AvgIpc) is 2.95. The first kappa shape index (κ1) is 10.9. The molecule has 1 aliphatic rings. The van der Waals surface area contributed by atoms with Crippen LogP contribution in [0.15, 0.2) is 18.2 Å². The molecule has 1 fully saturated rings. The van der Waals surface area contributed by atoms with E-state index in [0.717, 1.165) is 29.1 Å². The monoisotopic (exact) mass is 248 g/mol. The second-order valence-corrected chi connectivity index (χ2v) is 5.80. The van der Waals surface area contributed by atoms with E-state index in [1.165, 1.54) is 18.6 Å². The maximum atomic E-state index is 4.47. The molecule has 0 spiro atoms. The summed E-state index contributed by atoms with van der Waals surface area (Å²) >= 11 is 2.05. The molecule has 0 saturated carbocycles. The largest absolute Gasteiger partial charge is 0.352 e. The summed E-state index contributed by atoms with van der Waals surface area (Å²) in [6.45, 7) is 3.01. The number of nitrogens with zero attached hydrogens (tertiary/aromatic N) is 3. The molecule has 0 radical (unpaired) electrons. The predicted octanol–water partition coefficient (Wildman–Crippen LogP) is 2.35. The van der Waals surface area contributed by atoms with Gasteiger partial charge in [-0.15, -0.1) is 5.10 Å². The summed E-state index contributed by atoms with van der Waals surface area (Å²) in [6, 6.07) is 6.03. The first-order valence-electron chi connectivity index (χ1n) is 6.01. The van der Waals surface area contributed by atoms with Gasteiger partial charge in [-0.2, -0.15) is 16.7 Å². The molecule has 2 aromatic heterocycles. The van der Waals surface area contributed by atoms with E-state index in [-0.39, 0.29) is 0 Å². The van der Waals surface area contributed by atoms with Gasteiger partial charge in [0.05, 0.1) is 0 Å². The number of pyridine rings is 1. The molecule has 2 aromatic rings. The van der Waals surface area contributed by atoms with Gasteiger partial charge in [0, 0.05) is 17.5 Å². The summed E-state index contributed by atoms with van der Waals surface area (Å²) in [5.74, 6) is 2.04. The van der Waals surface area contributed by atoms with E-state index >= 15 is 0 Å². The van der Waals surface area contributed by atoms with E-state index in [9.17, 15) is 0 Å². The number of anilines is 1. The molecule has 0 amide bonds. The summed E-state index contributed by atoms with van der Waals surface area (Å²) in [4.78, 5) is 4.47. The van der Waals surface area contributed by atoms with Crippen LogP contribution in [0.2, 0.25) is 0 Å². The fourth-order valence-electron chi connectivity index (χ4n) is 2.12. The van der Waals surface area contributed by atoms with E-state index in [1.54, 1.807) is 0 Å². The molecule has 5 heteroatoms. The molecule has 4 nitrogen and oxygen atoms in total. The van der Waals surface area contributed by atoms with Crippen molar-refractivity contribution in [3.63, 3.8) is 0 Å². The third kappa shape index (κ3) is 2.24. The lowest BCUT2D eigenvalue weighted by Crippen LogP contribution is -2.14. The first-order chi connectivity index (χ1) is 8.33. The van der Waals surface area contributed by atoms with Crippen LogP contribution in [-0.2, 0) is 0 Å². The van der Waals surface area contributed by atoms with E-state index in [4.69, 9.17) is 0 Å². The molecule has 0 bridgehead atoms. The van der Waals surface area contributed by atoms with Crippen molar-refractivity contribution >= 4 is 23.4 Å². The highest BCUT2D eigenvalue weighted by molar-refractivity contribution is 8.00. The molecule has 90 valence electrons. The summed E-state index contributed by atoms with van der Waals surface area (Å²) in [7, 11) is 0. The number of hydrogen-bond acceptors (Lipinski definition) is 4. The van der Waals surface area contributed by atoms with Crippen molar-refractivity contribution in [2.24, 2.45) is 0 Å². The lowest BCUT2D eigenvalue weighted by Gasteiger charge is -2.07. The predicted molar refractivity (Wildman–Crippen MR) is 71.7 cm³/mol. The van der Waals surface area contributed by atoms with Crippen molar-refractivity contribution in [1.29, 1.82) is 0 Å². The lowest BCUT2D eigenvalue weighted by molar-refractivity contribution is 0.799. The van der Waals surface area contributed by atoms with Gasteiger partial charge in [-0.3, -0.25) is 0 Å². The number of nitrogens with one attached hydrogen (secondary N) is 1. The van der Waals surface area contributed by atoms with E-state index in [0.29, 0.717) is 0 Å². The SMILES string of the molecule is Cc1cccc2nc(NCC3CCCS3)nn12. The molecule has 0 aliphatic carbocycles. The molecule has 3 heterocycles. The Hall–Kier alpha value is -1.23. The molecule has 17 heavy (non-hydrogen) atoms.